The third kappa shape index (κ3) is 1.45. The van der Waals surface area contributed by atoms with Crippen LogP contribution in [0.25, 0.3) is 5.69 Å². The summed E-state index contributed by atoms with van der Waals surface area (Å²) >= 11 is 0. The van der Waals surface area contributed by atoms with E-state index in [1.54, 1.807) is 6.20 Å². The number of hydrogen-bond donors (Lipinski definition) is 0. The summed E-state index contributed by atoms with van der Waals surface area (Å²) in [6.07, 6.45) is 4.90. The van der Waals surface area contributed by atoms with E-state index < -0.39 is 0 Å². The van der Waals surface area contributed by atoms with E-state index in [9.17, 15) is 4.79 Å². The minimum Gasteiger partial charge on any atom is -0.298 e. The van der Waals surface area contributed by atoms with Crippen LogP contribution in [0.4, 0.5) is 0 Å². The summed E-state index contributed by atoms with van der Waals surface area (Å²) in [7, 11) is 0. The van der Waals surface area contributed by atoms with Gasteiger partial charge in [-0.15, -0.1) is 0 Å². The number of hydrogen-bond acceptors (Lipinski definition) is 2. The molecule has 0 saturated heterocycles. The molecule has 3 nitrogen and oxygen atoms in total. The SMILES string of the molecule is O=Cc1cnn(-c2ccccc2)c1C1CC1. The number of nitrogens with zero attached hydrogens (tertiary/aromatic N) is 2. The van der Waals surface area contributed by atoms with Crippen molar-refractivity contribution in [3.63, 3.8) is 0 Å². The van der Waals surface area contributed by atoms with Gasteiger partial charge in [0.05, 0.1) is 23.1 Å². The summed E-state index contributed by atoms with van der Waals surface area (Å²) < 4.78 is 1.89. The van der Waals surface area contributed by atoms with Crippen LogP contribution in [0.2, 0.25) is 0 Å². The van der Waals surface area contributed by atoms with Crippen molar-refractivity contribution in [3.05, 3.63) is 47.8 Å². The van der Waals surface area contributed by atoms with Crippen LogP contribution in [0.3, 0.4) is 0 Å². The highest BCUT2D eigenvalue weighted by atomic mass is 16.1. The fourth-order valence-corrected chi connectivity index (χ4v) is 2.00. The standard InChI is InChI=1S/C13H12N2O/c16-9-11-8-14-15(13(11)10-6-7-10)12-4-2-1-3-5-12/h1-5,8-10H,6-7H2. The summed E-state index contributed by atoms with van der Waals surface area (Å²) in [6, 6.07) is 9.95. The molecule has 80 valence electrons. The van der Waals surface area contributed by atoms with Gasteiger partial charge in [0.2, 0.25) is 0 Å². The van der Waals surface area contributed by atoms with E-state index in [1.807, 2.05) is 35.0 Å². The smallest absolute Gasteiger partial charge is 0.153 e. The predicted molar refractivity (Wildman–Crippen MR) is 60.9 cm³/mol. The normalized spacial score (nSPS) is 15.0. The summed E-state index contributed by atoms with van der Waals surface area (Å²) in [5, 5.41) is 4.30. The quantitative estimate of drug-likeness (QED) is 0.733. The first-order valence-corrected chi connectivity index (χ1v) is 5.48. The van der Waals surface area contributed by atoms with Crippen molar-refractivity contribution in [2.75, 3.05) is 0 Å². The van der Waals surface area contributed by atoms with Crippen molar-refractivity contribution in [2.45, 2.75) is 18.8 Å². The fraction of sp³-hybridized carbons (Fsp3) is 0.231. The van der Waals surface area contributed by atoms with Gasteiger partial charge in [0.15, 0.2) is 6.29 Å². The van der Waals surface area contributed by atoms with Crippen molar-refractivity contribution < 1.29 is 4.79 Å². The van der Waals surface area contributed by atoms with Gasteiger partial charge in [-0.2, -0.15) is 5.10 Å². The monoisotopic (exact) mass is 212 g/mol. The Kier molecular flexibility index (Phi) is 2.10. The van der Waals surface area contributed by atoms with Gasteiger partial charge in [0.25, 0.3) is 0 Å². The average Bonchev–Trinajstić information content (AvgIpc) is 3.09. The lowest BCUT2D eigenvalue weighted by molar-refractivity contribution is 0.112. The number of carbonyl (C=O) groups excluding carboxylic acids is 1. The molecule has 1 saturated carbocycles. The lowest BCUT2D eigenvalue weighted by Crippen LogP contribution is -2.02. The number of benzene rings is 1. The molecule has 0 unspecified atom stereocenters. The fourth-order valence-electron chi connectivity index (χ4n) is 2.00. The molecule has 1 aliphatic rings. The molecule has 0 radical (unpaired) electrons. The van der Waals surface area contributed by atoms with Gasteiger partial charge >= 0.3 is 0 Å². The molecule has 0 aliphatic heterocycles. The summed E-state index contributed by atoms with van der Waals surface area (Å²) in [4.78, 5) is 11.0. The van der Waals surface area contributed by atoms with E-state index >= 15 is 0 Å². The van der Waals surface area contributed by atoms with Gasteiger partial charge in [0.1, 0.15) is 0 Å². The molecule has 16 heavy (non-hydrogen) atoms. The van der Waals surface area contributed by atoms with Crippen LogP contribution in [-0.4, -0.2) is 16.1 Å². The largest absolute Gasteiger partial charge is 0.298 e. The molecule has 0 bridgehead atoms. The topological polar surface area (TPSA) is 34.9 Å². The van der Waals surface area contributed by atoms with E-state index in [0.29, 0.717) is 5.92 Å². The molecule has 2 aromatic rings. The molecule has 0 N–H and O–H groups in total. The molecule has 3 heteroatoms. The van der Waals surface area contributed by atoms with Crippen molar-refractivity contribution in [2.24, 2.45) is 0 Å². The van der Waals surface area contributed by atoms with Gasteiger partial charge in [0, 0.05) is 5.92 Å². The van der Waals surface area contributed by atoms with Crippen molar-refractivity contribution in [1.29, 1.82) is 0 Å². The Labute approximate surface area is 93.7 Å². The Morgan fingerprint density at radius 1 is 1.25 bits per heavy atom. The van der Waals surface area contributed by atoms with Crippen molar-refractivity contribution in [3.8, 4) is 5.69 Å². The van der Waals surface area contributed by atoms with E-state index in [2.05, 4.69) is 5.10 Å². The summed E-state index contributed by atoms with van der Waals surface area (Å²) in [5.74, 6) is 0.517. The third-order valence-electron chi connectivity index (χ3n) is 2.93. The van der Waals surface area contributed by atoms with Crippen LogP contribution < -0.4 is 0 Å². The highest BCUT2D eigenvalue weighted by Gasteiger charge is 2.30. The molecule has 1 heterocycles. The molecule has 0 amide bonds. The minimum absolute atomic E-state index is 0.517. The second kappa shape index (κ2) is 3.59. The zero-order valence-electron chi connectivity index (χ0n) is 8.84. The summed E-state index contributed by atoms with van der Waals surface area (Å²) in [5.41, 5.74) is 2.82. The molecular weight excluding hydrogens is 200 g/mol. The maximum Gasteiger partial charge on any atom is 0.153 e. The molecule has 0 spiro atoms. The van der Waals surface area contributed by atoms with E-state index in [0.717, 1.165) is 23.2 Å². The lowest BCUT2D eigenvalue weighted by Gasteiger charge is -2.06. The molecule has 1 aromatic carbocycles. The second-order valence-corrected chi connectivity index (χ2v) is 4.12. The number of rotatable bonds is 3. The van der Waals surface area contributed by atoms with Crippen LogP contribution in [0.1, 0.15) is 34.8 Å². The molecule has 1 fully saturated rings. The molecule has 1 aromatic heterocycles. The van der Waals surface area contributed by atoms with Gasteiger partial charge in [-0.1, -0.05) is 18.2 Å². The van der Waals surface area contributed by atoms with Gasteiger partial charge in [-0.25, -0.2) is 4.68 Å². The highest BCUT2D eigenvalue weighted by Crippen LogP contribution is 2.42. The maximum atomic E-state index is 11.0. The molecule has 0 atom stereocenters. The van der Waals surface area contributed by atoms with E-state index in [4.69, 9.17) is 0 Å². The van der Waals surface area contributed by atoms with E-state index in [1.165, 1.54) is 12.8 Å². The average molecular weight is 212 g/mol. The number of carbonyl (C=O) groups is 1. The minimum atomic E-state index is 0.517. The zero-order valence-corrected chi connectivity index (χ0v) is 8.84. The molecule has 1 aliphatic carbocycles. The van der Waals surface area contributed by atoms with Gasteiger partial charge in [-0.05, 0) is 25.0 Å². The zero-order chi connectivity index (χ0) is 11.0. The van der Waals surface area contributed by atoms with Crippen LogP contribution in [0, 0.1) is 0 Å². The maximum absolute atomic E-state index is 11.0. The number of aromatic nitrogens is 2. The Morgan fingerprint density at radius 2 is 2.00 bits per heavy atom. The van der Waals surface area contributed by atoms with Crippen molar-refractivity contribution in [1.82, 2.24) is 9.78 Å². The predicted octanol–water partition coefficient (Wildman–Crippen LogP) is 2.56. The van der Waals surface area contributed by atoms with Crippen LogP contribution in [-0.2, 0) is 0 Å². The first-order valence-electron chi connectivity index (χ1n) is 5.48. The Morgan fingerprint density at radius 3 is 2.62 bits per heavy atom. The van der Waals surface area contributed by atoms with Crippen LogP contribution in [0.15, 0.2) is 36.5 Å². The van der Waals surface area contributed by atoms with Crippen molar-refractivity contribution >= 4 is 6.29 Å². The number of aldehydes is 1. The second-order valence-electron chi connectivity index (χ2n) is 4.12. The lowest BCUT2D eigenvalue weighted by atomic mass is 10.2. The molecular formula is C13H12N2O. The Hall–Kier alpha value is -1.90. The highest BCUT2D eigenvalue weighted by molar-refractivity contribution is 5.77. The van der Waals surface area contributed by atoms with Gasteiger partial charge in [-0.3, -0.25) is 4.79 Å². The Bertz CT molecular complexity index is 512. The van der Waals surface area contributed by atoms with E-state index in [-0.39, 0.29) is 0 Å². The third-order valence-corrected chi connectivity index (χ3v) is 2.93. The first kappa shape index (κ1) is 9.33. The van der Waals surface area contributed by atoms with Crippen LogP contribution in [0.5, 0.6) is 0 Å². The number of para-hydroxylation sites is 1. The Balaban J connectivity index is 2.13. The molecule has 3 rings (SSSR count). The van der Waals surface area contributed by atoms with Crippen LogP contribution >= 0.6 is 0 Å². The first-order chi connectivity index (χ1) is 7.90. The van der Waals surface area contributed by atoms with Gasteiger partial charge < -0.3 is 0 Å². The summed E-state index contributed by atoms with van der Waals surface area (Å²) in [6.45, 7) is 0.